The highest BCUT2D eigenvalue weighted by Gasteiger charge is 2.47. The van der Waals surface area contributed by atoms with Crippen molar-refractivity contribution < 1.29 is 15.0 Å². The minimum Gasteiger partial charge on any atom is -0.481 e. The van der Waals surface area contributed by atoms with Crippen LogP contribution in [-0.4, -0.2) is 16.2 Å². The number of carboxylic acid groups (broad SMARTS) is 1. The Morgan fingerprint density at radius 3 is 2.67 bits per heavy atom. The third kappa shape index (κ3) is 2.56. The van der Waals surface area contributed by atoms with Gasteiger partial charge in [0, 0.05) is 0 Å². The van der Waals surface area contributed by atoms with Crippen molar-refractivity contribution in [3.05, 3.63) is 35.4 Å². The Bertz CT molecular complexity index is 445. The predicted octanol–water partition coefficient (Wildman–Crippen LogP) is 2.57. The molecule has 0 amide bonds. The van der Waals surface area contributed by atoms with E-state index in [0.29, 0.717) is 18.8 Å². The number of rotatable bonds is 4. The molecular weight excluding hydrogens is 228 g/mol. The Morgan fingerprint density at radius 1 is 1.44 bits per heavy atom. The van der Waals surface area contributed by atoms with Crippen LogP contribution in [0.2, 0.25) is 0 Å². The largest absolute Gasteiger partial charge is 0.481 e. The van der Waals surface area contributed by atoms with E-state index in [1.165, 1.54) is 5.56 Å². The van der Waals surface area contributed by atoms with E-state index in [9.17, 15) is 9.90 Å². The lowest BCUT2D eigenvalue weighted by Gasteiger charge is -2.42. The Kier molecular flexibility index (Phi) is 3.44. The van der Waals surface area contributed by atoms with Crippen LogP contribution in [0.4, 0.5) is 0 Å². The quantitative estimate of drug-likeness (QED) is 0.861. The molecule has 1 aromatic carbocycles. The maximum absolute atomic E-state index is 10.8. The molecule has 1 aliphatic rings. The first-order chi connectivity index (χ1) is 8.40. The highest BCUT2D eigenvalue weighted by molar-refractivity contribution is 5.71. The molecule has 18 heavy (non-hydrogen) atoms. The summed E-state index contributed by atoms with van der Waals surface area (Å²) in [4.78, 5) is 10.8. The fourth-order valence-electron chi connectivity index (χ4n) is 2.62. The molecule has 1 aliphatic carbocycles. The molecule has 0 radical (unpaired) electrons. The highest BCUT2D eigenvalue weighted by Crippen LogP contribution is 2.45. The average molecular weight is 248 g/mol. The van der Waals surface area contributed by atoms with Gasteiger partial charge in [-0.2, -0.15) is 0 Å². The number of carboxylic acids is 1. The van der Waals surface area contributed by atoms with Crippen molar-refractivity contribution in [3.8, 4) is 0 Å². The molecule has 0 unspecified atom stereocenters. The van der Waals surface area contributed by atoms with Gasteiger partial charge in [-0.1, -0.05) is 38.1 Å². The van der Waals surface area contributed by atoms with E-state index in [1.54, 1.807) is 0 Å². The highest BCUT2D eigenvalue weighted by atomic mass is 16.4. The van der Waals surface area contributed by atoms with Crippen molar-refractivity contribution in [2.24, 2.45) is 11.8 Å². The molecule has 0 spiro atoms. The second-order valence-electron chi connectivity index (χ2n) is 5.77. The molecule has 0 heterocycles. The van der Waals surface area contributed by atoms with Crippen molar-refractivity contribution in [1.29, 1.82) is 0 Å². The summed E-state index contributed by atoms with van der Waals surface area (Å²) in [5, 5.41) is 19.3. The van der Waals surface area contributed by atoms with Crippen LogP contribution in [0.25, 0.3) is 0 Å². The van der Waals surface area contributed by atoms with Crippen LogP contribution < -0.4 is 0 Å². The minimum absolute atomic E-state index is 0.327. The van der Waals surface area contributed by atoms with Gasteiger partial charge in [-0.25, -0.2) is 0 Å². The summed E-state index contributed by atoms with van der Waals surface area (Å²) in [5.74, 6) is -0.634. The number of aliphatic carboxylic acids is 1. The summed E-state index contributed by atoms with van der Waals surface area (Å²) in [5.41, 5.74) is 1.13. The van der Waals surface area contributed by atoms with Crippen molar-refractivity contribution in [2.45, 2.75) is 38.7 Å². The summed E-state index contributed by atoms with van der Waals surface area (Å²) in [6.45, 7) is 4.32. The van der Waals surface area contributed by atoms with E-state index in [1.807, 2.05) is 18.2 Å². The fraction of sp³-hybridized carbons (Fsp3) is 0.533. The second-order valence-corrected chi connectivity index (χ2v) is 5.77. The number of hydrogen-bond acceptors (Lipinski definition) is 2. The topological polar surface area (TPSA) is 57.5 Å². The van der Waals surface area contributed by atoms with Gasteiger partial charge in [0.2, 0.25) is 0 Å². The van der Waals surface area contributed by atoms with Crippen LogP contribution >= 0.6 is 0 Å². The molecule has 0 bridgehead atoms. The second kappa shape index (κ2) is 4.73. The summed E-state index contributed by atoms with van der Waals surface area (Å²) in [6.07, 6.45) is 1.63. The lowest BCUT2D eigenvalue weighted by atomic mass is 9.67. The molecule has 0 saturated heterocycles. The Balaban J connectivity index is 2.12. The zero-order valence-corrected chi connectivity index (χ0v) is 10.9. The van der Waals surface area contributed by atoms with E-state index >= 15 is 0 Å². The molecule has 2 rings (SSSR count). The fourth-order valence-corrected chi connectivity index (χ4v) is 2.62. The molecule has 98 valence electrons. The standard InChI is InChI=1S/C15H20O3/c1-10(2)6-11-4-3-5-13(7-11)15(18)8-12(9-15)14(16)17/h3-5,7,10,12,18H,6,8-9H2,1-2H3,(H,16,17). The first kappa shape index (κ1) is 13.1. The molecule has 2 N–H and O–H groups in total. The summed E-state index contributed by atoms with van der Waals surface area (Å²) >= 11 is 0. The normalized spacial score (nSPS) is 27.0. The van der Waals surface area contributed by atoms with E-state index in [2.05, 4.69) is 19.9 Å². The number of carbonyl (C=O) groups is 1. The zero-order chi connectivity index (χ0) is 13.3. The van der Waals surface area contributed by atoms with Gasteiger partial charge in [-0.05, 0) is 36.3 Å². The van der Waals surface area contributed by atoms with E-state index in [0.717, 1.165) is 12.0 Å². The zero-order valence-electron chi connectivity index (χ0n) is 10.9. The van der Waals surface area contributed by atoms with Crippen molar-refractivity contribution in [1.82, 2.24) is 0 Å². The molecule has 0 atom stereocenters. The summed E-state index contributed by atoms with van der Waals surface area (Å²) in [7, 11) is 0. The van der Waals surface area contributed by atoms with Crippen molar-refractivity contribution in [3.63, 3.8) is 0 Å². The van der Waals surface area contributed by atoms with Gasteiger partial charge in [0.25, 0.3) is 0 Å². The molecule has 3 heteroatoms. The minimum atomic E-state index is -0.934. The summed E-state index contributed by atoms with van der Waals surface area (Å²) < 4.78 is 0. The SMILES string of the molecule is CC(C)Cc1cccc(C2(O)CC(C(=O)O)C2)c1. The smallest absolute Gasteiger partial charge is 0.306 e. The van der Waals surface area contributed by atoms with E-state index < -0.39 is 17.5 Å². The van der Waals surface area contributed by atoms with Gasteiger partial charge in [0.15, 0.2) is 0 Å². The number of benzene rings is 1. The van der Waals surface area contributed by atoms with Gasteiger partial charge in [0.05, 0.1) is 11.5 Å². The Hall–Kier alpha value is -1.35. The van der Waals surface area contributed by atoms with Crippen molar-refractivity contribution >= 4 is 5.97 Å². The van der Waals surface area contributed by atoms with E-state index in [-0.39, 0.29) is 0 Å². The monoisotopic (exact) mass is 248 g/mol. The molecule has 1 aromatic rings. The molecular formula is C15H20O3. The van der Waals surface area contributed by atoms with Gasteiger partial charge in [-0.3, -0.25) is 4.79 Å². The lowest BCUT2D eigenvalue weighted by Crippen LogP contribution is -2.44. The third-order valence-electron chi connectivity index (χ3n) is 3.63. The average Bonchev–Trinajstić information content (AvgIpc) is 2.24. The third-order valence-corrected chi connectivity index (χ3v) is 3.63. The van der Waals surface area contributed by atoms with Crippen LogP contribution in [0.15, 0.2) is 24.3 Å². The number of aliphatic hydroxyl groups is 1. The van der Waals surface area contributed by atoms with Gasteiger partial charge in [-0.15, -0.1) is 0 Å². The Morgan fingerprint density at radius 2 is 2.11 bits per heavy atom. The van der Waals surface area contributed by atoms with Crippen LogP contribution in [0.3, 0.4) is 0 Å². The van der Waals surface area contributed by atoms with Crippen LogP contribution in [0, 0.1) is 11.8 Å². The van der Waals surface area contributed by atoms with Gasteiger partial charge >= 0.3 is 5.97 Å². The number of hydrogen-bond donors (Lipinski definition) is 2. The van der Waals surface area contributed by atoms with Crippen LogP contribution in [0.5, 0.6) is 0 Å². The predicted molar refractivity (Wildman–Crippen MR) is 69.2 cm³/mol. The maximum atomic E-state index is 10.8. The summed E-state index contributed by atoms with van der Waals surface area (Å²) in [6, 6.07) is 7.90. The van der Waals surface area contributed by atoms with Crippen molar-refractivity contribution in [2.75, 3.05) is 0 Å². The van der Waals surface area contributed by atoms with Gasteiger partial charge < -0.3 is 10.2 Å². The lowest BCUT2D eigenvalue weighted by molar-refractivity contribution is -0.159. The Labute approximate surface area is 107 Å². The maximum Gasteiger partial charge on any atom is 0.306 e. The molecule has 1 fully saturated rings. The first-order valence-electron chi connectivity index (χ1n) is 6.45. The van der Waals surface area contributed by atoms with Crippen LogP contribution in [0.1, 0.15) is 37.8 Å². The van der Waals surface area contributed by atoms with Crippen LogP contribution in [-0.2, 0) is 16.8 Å². The molecule has 3 nitrogen and oxygen atoms in total. The van der Waals surface area contributed by atoms with E-state index in [4.69, 9.17) is 5.11 Å². The molecule has 1 saturated carbocycles. The molecule has 0 aliphatic heterocycles. The van der Waals surface area contributed by atoms with Gasteiger partial charge in [0.1, 0.15) is 0 Å². The molecule has 0 aromatic heterocycles. The first-order valence-corrected chi connectivity index (χ1v) is 6.45.